The van der Waals surface area contributed by atoms with E-state index in [4.69, 9.17) is 16.3 Å². The quantitative estimate of drug-likeness (QED) is 0.390. The number of aliphatic hydroxyl groups excluding tert-OH is 1. The van der Waals surface area contributed by atoms with Crippen molar-refractivity contribution in [3.8, 4) is 5.75 Å². The van der Waals surface area contributed by atoms with Crippen molar-refractivity contribution in [2.75, 3.05) is 37.6 Å². The normalized spacial score (nSPS) is 18.6. The molecule has 0 aromatic heterocycles. The number of aliphatic hydroxyl groups is 1. The lowest BCUT2D eigenvalue weighted by Crippen LogP contribution is -2.56. The van der Waals surface area contributed by atoms with E-state index in [1.165, 1.54) is 18.2 Å². The third-order valence-corrected chi connectivity index (χ3v) is 8.71. The van der Waals surface area contributed by atoms with Crippen molar-refractivity contribution in [3.05, 3.63) is 106 Å². The van der Waals surface area contributed by atoms with Crippen molar-refractivity contribution >= 4 is 35.0 Å². The van der Waals surface area contributed by atoms with Gasteiger partial charge in [-0.1, -0.05) is 41.9 Å². The summed E-state index contributed by atoms with van der Waals surface area (Å²) in [6.07, 6.45) is 1.65. The monoisotopic (exact) mass is 632 g/mol. The summed E-state index contributed by atoms with van der Waals surface area (Å²) in [5.41, 5.74) is 3.15. The van der Waals surface area contributed by atoms with Gasteiger partial charge in [-0.05, 0) is 60.0 Å². The van der Waals surface area contributed by atoms with E-state index in [-0.39, 0.29) is 35.3 Å². The molecular weight excluding hydrogens is 599 g/mol. The Morgan fingerprint density at radius 2 is 1.78 bits per heavy atom. The molecule has 234 valence electrons. The third kappa shape index (κ3) is 6.97. The fourth-order valence-corrected chi connectivity index (χ4v) is 6.18. The van der Waals surface area contributed by atoms with Crippen molar-refractivity contribution in [3.63, 3.8) is 0 Å². The molecule has 3 aliphatic heterocycles. The number of likely N-dealkylation sites (tertiary alicyclic amines) is 1. The highest BCUT2D eigenvalue weighted by Crippen LogP contribution is 2.33. The number of fused-ring (bicyclic) bond motifs is 1. The number of halogens is 2. The van der Waals surface area contributed by atoms with E-state index in [0.717, 1.165) is 35.8 Å². The molecule has 0 aliphatic carbocycles. The van der Waals surface area contributed by atoms with Crippen LogP contribution < -0.4 is 15.0 Å². The van der Waals surface area contributed by atoms with E-state index in [0.29, 0.717) is 44.2 Å². The van der Waals surface area contributed by atoms with Crippen LogP contribution in [0.25, 0.3) is 0 Å². The summed E-state index contributed by atoms with van der Waals surface area (Å²) in [6.45, 7) is 3.40. The summed E-state index contributed by atoms with van der Waals surface area (Å²) in [5.74, 6) is -1.27. The number of benzene rings is 3. The SMILES string of the molecule is O=C(N[C@@H](Cc1ccc(Cl)cc1)C(=O)N1CCN(c2ccccc2CN2CCCC2=O)CC1)C1=CC(O)c2cc(F)ccc2O1. The van der Waals surface area contributed by atoms with Crippen LogP contribution >= 0.6 is 11.6 Å². The molecule has 2 N–H and O–H groups in total. The van der Waals surface area contributed by atoms with Crippen LogP contribution in [0.1, 0.15) is 35.6 Å². The number of nitrogens with one attached hydrogen (secondary N) is 1. The van der Waals surface area contributed by atoms with E-state index in [9.17, 15) is 23.9 Å². The molecule has 2 atom stereocenters. The highest BCUT2D eigenvalue weighted by molar-refractivity contribution is 6.30. The molecule has 0 saturated carbocycles. The van der Waals surface area contributed by atoms with E-state index in [1.807, 2.05) is 23.1 Å². The highest BCUT2D eigenvalue weighted by Gasteiger charge is 2.32. The first-order chi connectivity index (χ1) is 21.7. The number of ether oxygens (including phenoxy) is 1. The molecule has 1 unspecified atom stereocenters. The Labute approximate surface area is 265 Å². The zero-order valence-electron chi connectivity index (χ0n) is 24.6. The summed E-state index contributed by atoms with van der Waals surface area (Å²) in [5, 5.41) is 13.9. The average Bonchev–Trinajstić information content (AvgIpc) is 3.45. The van der Waals surface area contributed by atoms with E-state index >= 15 is 0 Å². The number of para-hydroxylation sites is 1. The zero-order chi connectivity index (χ0) is 31.5. The maximum atomic E-state index is 13.9. The number of carbonyl (C=O) groups is 3. The van der Waals surface area contributed by atoms with Gasteiger partial charge in [0, 0.05) is 68.4 Å². The number of rotatable bonds is 8. The molecular formula is C34H34ClFN4O5. The standard InChI is InChI=1S/C34H34ClFN4O5/c35-24-9-7-22(8-10-24)18-27(37-33(43)31-20-29(41)26-19-25(36)11-12-30(26)45-31)34(44)39-16-14-38(15-17-39)28-5-2-1-4-23(28)21-40-13-3-6-32(40)42/h1-2,4-5,7-12,19-20,27,29,41H,3,6,13-18,21H2,(H,37,43)/t27-,29?/m0/s1. The molecule has 2 fully saturated rings. The van der Waals surface area contributed by atoms with Crippen LogP contribution in [0.5, 0.6) is 5.75 Å². The maximum Gasteiger partial charge on any atom is 0.287 e. The van der Waals surface area contributed by atoms with Gasteiger partial charge in [0.25, 0.3) is 5.91 Å². The van der Waals surface area contributed by atoms with Crippen molar-refractivity contribution < 1.29 is 28.6 Å². The molecule has 3 aliphatic rings. The number of hydrogen-bond acceptors (Lipinski definition) is 6. The Balaban J connectivity index is 1.15. The second-order valence-electron chi connectivity index (χ2n) is 11.5. The van der Waals surface area contributed by atoms with E-state index in [2.05, 4.69) is 16.3 Å². The number of nitrogens with zero attached hydrogens (tertiary/aromatic N) is 3. The predicted octanol–water partition coefficient (Wildman–Crippen LogP) is 3.99. The molecule has 2 saturated heterocycles. The fourth-order valence-electron chi connectivity index (χ4n) is 6.05. The largest absolute Gasteiger partial charge is 0.451 e. The van der Waals surface area contributed by atoms with Crippen LogP contribution in [-0.4, -0.2) is 71.4 Å². The van der Waals surface area contributed by atoms with Gasteiger partial charge in [0.1, 0.15) is 23.7 Å². The Hall–Kier alpha value is -4.41. The second-order valence-corrected chi connectivity index (χ2v) is 11.9. The lowest BCUT2D eigenvalue weighted by Gasteiger charge is -2.38. The van der Waals surface area contributed by atoms with Crippen molar-refractivity contribution in [2.45, 2.75) is 38.0 Å². The molecule has 11 heteroatoms. The van der Waals surface area contributed by atoms with Crippen LogP contribution in [0.15, 0.2) is 78.6 Å². The topological polar surface area (TPSA) is 102 Å². The highest BCUT2D eigenvalue weighted by atomic mass is 35.5. The summed E-state index contributed by atoms with van der Waals surface area (Å²) >= 11 is 6.07. The Morgan fingerprint density at radius 1 is 1.02 bits per heavy atom. The molecule has 9 nitrogen and oxygen atoms in total. The molecule has 0 bridgehead atoms. The van der Waals surface area contributed by atoms with Crippen molar-refractivity contribution in [2.24, 2.45) is 0 Å². The lowest BCUT2D eigenvalue weighted by molar-refractivity contribution is -0.136. The minimum absolute atomic E-state index is 0.169. The molecule has 45 heavy (non-hydrogen) atoms. The molecule has 3 amide bonds. The number of piperazine rings is 1. The Kier molecular flexibility index (Phi) is 9.04. The van der Waals surface area contributed by atoms with Gasteiger partial charge in [-0.3, -0.25) is 14.4 Å². The van der Waals surface area contributed by atoms with Gasteiger partial charge in [-0.15, -0.1) is 0 Å². The number of anilines is 1. The predicted molar refractivity (Wildman–Crippen MR) is 167 cm³/mol. The summed E-state index contributed by atoms with van der Waals surface area (Å²) in [4.78, 5) is 45.4. The van der Waals surface area contributed by atoms with E-state index in [1.54, 1.807) is 29.2 Å². The summed E-state index contributed by atoms with van der Waals surface area (Å²) in [6, 6.07) is 17.9. The van der Waals surface area contributed by atoms with Gasteiger partial charge in [0.2, 0.25) is 11.8 Å². The molecule has 0 spiro atoms. The lowest BCUT2D eigenvalue weighted by atomic mass is 10.0. The van der Waals surface area contributed by atoms with Crippen LogP contribution in [0.2, 0.25) is 5.02 Å². The first kappa shape index (κ1) is 30.6. The fraction of sp³-hybridized carbons (Fsp3) is 0.324. The second kappa shape index (κ2) is 13.3. The molecule has 3 heterocycles. The number of amides is 3. The van der Waals surface area contributed by atoms with Gasteiger partial charge in [0.05, 0.1) is 0 Å². The number of carbonyl (C=O) groups excluding carboxylic acids is 3. The van der Waals surface area contributed by atoms with Gasteiger partial charge in [-0.25, -0.2) is 4.39 Å². The van der Waals surface area contributed by atoms with Gasteiger partial charge in [0.15, 0.2) is 5.76 Å². The third-order valence-electron chi connectivity index (χ3n) is 8.46. The van der Waals surface area contributed by atoms with Gasteiger partial charge in [-0.2, -0.15) is 0 Å². The molecule has 0 radical (unpaired) electrons. The Morgan fingerprint density at radius 3 is 2.51 bits per heavy atom. The van der Waals surface area contributed by atoms with Crippen molar-refractivity contribution in [1.82, 2.24) is 15.1 Å². The minimum atomic E-state index is -1.24. The Bertz CT molecular complexity index is 1620. The smallest absolute Gasteiger partial charge is 0.287 e. The summed E-state index contributed by atoms with van der Waals surface area (Å²) < 4.78 is 19.4. The van der Waals surface area contributed by atoms with Crippen LogP contribution in [0, 0.1) is 5.82 Å². The summed E-state index contributed by atoms with van der Waals surface area (Å²) in [7, 11) is 0. The van der Waals surface area contributed by atoms with Crippen molar-refractivity contribution in [1.29, 1.82) is 0 Å². The first-order valence-electron chi connectivity index (χ1n) is 15.1. The zero-order valence-corrected chi connectivity index (χ0v) is 25.4. The molecule has 6 rings (SSSR count). The number of hydrogen-bond donors (Lipinski definition) is 2. The first-order valence-corrected chi connectivity index (χ1v) is 15.4. The van der Waals surface area contributed by atoms with E-state index < -0.39 is 23.9 Å². The molecule has 3 aromatic carbocycles. The maximum absolute atomic E-state index is 13.9. The van der Waals surface area contributed by atoms with Crippen LogP contribution in [0.3, 0.4) is 0 Å². The molecule has 3 aromatic rings. The van der Waals surface area contributed by atoms with Gasteiger partial charge < -0.3 is 29.9 Å². The van der Waals surface area contributed by atoms with Crippen LogP contribution in [-0.2, 0) is 27.3 Å². The minimum Gasteiger partial charge on any atom is -0.451 e. The van der Waals surface area contributed by atoms with Crippen LogP contribution in [0.4, 0.5) is 10.1 Å². The average molecular weight is 633 g/mol. The van der Waals surface area contributed by atoms with Gasteiger partial charge >= 0.3 is 0 Å².